The lowest BCUT2D eigenvalue weighted by Gasteiger charge is -2.18. The zero-order valence-corrected chi connectivity index (χ0v) is 9.45. The number of rotatable bonds is 3. The first kappa shape index (κ1) is 10.1. The number of likely N-dealkylation sites (tertiary alicyclic amines) is 1. The lowest BCUT2D eigenvalue weighted by molar-refractivity contribution is 0.0941. The fraction of sp³-hybridized carbons (Fsp3) is 1.00. The van der Waals surface area contributed by atoms with E-state index in [-0.39, 0.29) is 0 Å². The molecule has 86 valence electrons. The monoisotopic (exact) mass is 210 g/mol. The van der Waals surface area contributed by atoms with Gasteiger partial charge in [-0.2, -0.15) is 0 Å². The van der Waals surface area contributed by atoms with Crippen LogP contribution in [0, 0.1) is 11.8 Å². The van der Waals surface area contributed by atoms with E-state index >= 15 is 0 Å². The second kappa shape index (κ2) is 4.40. The maximum absolute atomic E-state index is 5.67. The third kappa shape index (κ3) is 2.19. The van der Waals surface area contributed by atoms with Gasteiger partial charge in [0.05, 0.1) is 6.10 Å². The predicted molar refractivity (Wildman–Crippen MR) is 59.9 cm³/mol. The van der Waals surface area contributed by atoms with Gasteiger partial charge < -0.3 is 15.0 Å². The molecule has 0 radical (unpaired) electrons. The zero-order valence-electron chi connectivity index (χ0n) is 9.45. The standard InChI is InChI=1S/C12H22N2O/c1-2-12(15-5-1)3-4-14-8-10-6-13-7-11(10)9-14/h10-13H,1-9H2. The molecule has 0 aromatic rings. The Morgan fingerprint density at radius 1 is 1.20 bits per heavy atom. The highest BCUT2D eigenvalue weighted by Gasteiger charge is 2.35. The minimum Gasteiger partial charge on any atom is -0.378 e. The highest BCUT2D eigenvalue weighted by Crippen LogP contribution is 2.27. The molecule has 0 aromatic heterocycles. The Morgan fingerprint density at radius 3 is 2.67 bits per heavy atom. The number of hydrogen-bond donors (Lipinski definition) is 1. The molecular formula is C12H22N2O. The molecule has 3 saturated heterocycles. The quantitative estimate of drug-likeness (QED) is 0.742. The van der Waals surface area contributed by atoms with Gasteiger partial charge in [0.25, 0.3) is 0 Å². The van der Waals surface area contributed by atoms with Gasteiger partial charge in [0.2, 0.25) is 0 Å². The summed E-state index contributed by atoms with van der Waals surface area (Å²) in [5, 5.41) is 3.49. The molecule has 1 N–H and O–H groups in total. The van der Waals surface area contributed by atoms with Crippen molar-refractivity contribution in [1.82, 2.24) is 10.2 Å². The minimum atomic E-state index is 0.573. The van der Waals surface area contributed by atoms with Gasteiger partial charge in [-0.05, 0) is 44.2 Å². The van der Waals surface area contributed by atoms with Crippen molar-refractivity contribution in [3.8, 4) is 0 Å². The van der Waals surface area contributed by atoms with E-state index in [2.05, 4.69) is 10.2 Å². The van der Waals surface area contributed by atoms with E-state index in [1.165, 1.54) is 52.0 Å². The van der Waals surface area contributed by atoms with E-state index in [0.29, 0.717) is 6.10 Å². The molecule has 15 heavy (non-hydrogen) atoms. The van der Waals surface area contributed by atoms with Crippen LogP contribution in [0.4, 0.5) is 0 Å². The highest BCUT2D eigenvalue weighted by atomic mass is 16.5. The van der Waals surface area contributed by atoms with E-state index in [4.69, 9.17) is 4.74 Å². The van der Waals surface area contributed by atoms with Gasteiger partial charge in [0.1, 0.15) is 0 Å². The van der Waals surface area contributed by atoms with Crippen molar-refractivity contribution in [3.63, 3.8) is 0 Å². The van der Waals surface area contributed by atoms with Crippen LogP contribution < -0.4 is 5.32 Å². The average Bonchev–Trinajstić information content (AvgIpc) is 2.91. The SMILES string of the molecule is C1COC(CCN2CC3CNCC3C2)C1. The fourth-order valence-electron chi connectivity index (χ4n) is 3.33. The minimum absolute atomic E-state index is 0.573. The van der Waals surface area contributed by atoms with Crippen LogP contribution in [-0.4, -0.2) is 50.3 Å². The third-order valence-corrected chi connectivity index (χ3v) is 4.26. The summed E-state index contributed by atoms with van der Waals surface area (Å²) in [6, 6.07) is 0. The summed E-state index contributed by atoms with van der Waals surface area (Å²) in [7, 11) is 0. The summed E-state index contributed by atoms with van der Waals surface area (Å²) in [5.74, 6) is 1.88. The van der Waals surface area contributed by atoms with Crippen molar-refractivity contribution >= 4 is 0 Å². The van der Waals surface area contributed by atoms with Gasteiger partial charge in [-0.3, -0.25) is 0 Å². The number of ether oxygens (including phenoxy) is 1. The smallest absolute Gasteiger partial charge is 0.0588 e. The van der Waals surface area contributed by atoms with Crippen molar-refractivity contribution < 1.29 is 4.74 Å². The summed E-state index contributed by atoms with van der Waals surface area (Å²) < 4.78 is 5.67. The van der Waals surface area contributed by atoms with Crippen LogP contribution in [0.5, 0.6) is 0 Å². The fourth-order valence-corrected chi connectivity index (χ4v) is 3.33. The van der Waals surface area contributed by atoms with Crippen LogP contribution in [0.15, 0.2) is 0 Å². The van der Waals surface area contributed by atoms with Crippen LogP contribution in [-0.2, 0) is 4.74 Å². The Morgan fingerprint density at radius 2 is 2.00 bits per heavy atom. The van der Waals surface area contributed by atoms with Crippen LogP contribution >= 0.6 is 0 Å². The van der Waals surface area contributed by atoms with Gasteiger partial charge in [-0.15, -0.1) is 0 Å². The molecule has 0 saturated carbocycles. The normalized spacial score (nSPS) is 41.2. The molecule has 0 bridgehead atoms. The van der Waals surface area contributed by atoms with Crippen molar-refractivity contribution in [1.29, 1.82) is 0 Å². The van der Waals surface area contributed by atoms with Crippen LogP contribution in [0.25, 0.3) is 0 Å². The van der Waals surface area contributed by atoms with Crippen LogP contribution in [0.3, 0.4) is 0 Å². The molecule has 3 fully saturated rings. The van der Waals surface area contributed by atoms with Gasteiger partial charge in [-0.1, -0.05) is 0 Å². The molecule has 3 heteroatoms. The van der Waals surface area contributed by atoms with Crippen molar-refractivity contribution in [2.45, 2.75) is 25.4 Å². The zero-order chi connectivity index (χ0) is 10.1. The van der Waals surface area contributed by atoms with E-state index in [1.54, 1.807) is 0 Å². The maximum Gasteiger partial charge on any atom is 0.0588 e. The Kier molecular flexibility index (Phi) is 2.95. The van der Waals surface area contributed by atoms with Crippen LogP contribution in [0.2, 0.25) is 0 Å². The van der Waals surface area contributed by atoms with E-state index in [9.17, 15) is 0 Å². The first-order chi connectivity index (χ1) is 7.42. The summed E-state index contributed by atoms with van der Waals surface area (Å²) in [6.45, 7) is 7.41. The predicted octanol–water partition coefficient (Wildman–Crippen LogP) is 0.707. The van der Waals surface area contributed by atoms with Gasteiger partial charge in [0, 0.05) is 26.2 Å². The Labute approximate surface area is 92.2 Å². The summed E-state index contributed by atoms with van der Waals surface area (Å²) in [4.78, 5) is 2.65. The summed E-state index contributed by atoms with van der Waals surface area (Å²) in [6.07, 6.45) is 4.40. The lowest BCUT2D eigenvalue weighted by Crippen LogP contribution is -2.28. The van der Waals surface area contributed by atoms with Gasteiger partial charge in [-0.25, -0.2) is 0 Å². The molecule has 0 spiro atoms. The molecule has 3 aliphatic rings. The maximum atomic E-state index is 5.67. The molecule has 0 aliphatic carbocycles. The molecule has 3 unspecified atom stereocenters. The van der Waals surface area contributed by atoms with Crippen molar-refractivity contribution in [2.24, 2.45) is 11.8 Å². The number of hydrogen-bond acceptors (Lipinski definition) is 3. The number of nitrogens with zero attached hydrogens (tertiary/aromatic N) is 1. The van der Waals surface area contributed by atoms with Crippen LogP contribution in [0.1, 0.15) is 19.3 Å². The highest BCUT2D eigenvalue weighted by molar-refractivity contribution is 4.91. The average molecular weight is 210 g/mol. The van der Waals surface area contributed by atoms with Crippen molar-refractivity contribution in [3.05, 3.63) is 0 Å². The van der Waals surface area contributed by atoms with E-state index in [1.807, 2.05) is 0 Å². The van der Waals surface area contributed by atoms with E-state index < -0.39 is 0 Å². The molecule has 3 atom stereocenters. The molecule has 0 aromatic carbocycles. The molecule has 3 rings (SSSR count). The number of fused-ring (bicyclic) bond motifs is 1. The topological polar surface area (TPSA) is 24.5 Å². The third-order valence-electron chi connectivity index (χ3n) is 4.26. The second-order valence-electron chi connectivity index (χ2n) is 5.36. The summed E-state index contributed by atoms with van der Waals surface area (Å²) in [5.41, 5.74) is 0. The Balaban J connectivity index is 1.41. The Bertz CT molecular complexity index is 204. The lowest BCUT2D eigenvalue weighted by atomic mass is 10.0. The first-order valence-electron chi connectivity index (χ1n) is 6.46. The van der Waals surface area contributed by atoms with E-state index in [0.717, 1.165) is 18.4 Å². The molecular weight excluding hydrogens is 188 g/mol. The molecule has 3 nitrogen and oxygen atoms in total. The van der Waals surface area contributed by atoms with Crippen molar-refractivity contribution in [2.75, 3.05) is 39.3 Å². The molecule has 0 amide bonds. The van der Waals surface area contributed by atoms with Gasteiger partial charge in [0.15, 0.2) is 0 Å². The molecule has 3 heterocycles. The second-order valence-corrected chi connectivity index (χ2v) is 5.36. The first-order valence-corrected chi connectivity index (χ1v) is 6.46. The largest absolute Gasteiger partial charge is 0.378 e. The summed E-state index contributed by atoms with van der Waals surface area (Å²) >= 11 is 0. The number of nitrogens with one attached hydrogen (secondary N) is 1. The Hall–Kier alpha value is -0.120. The molecule has 3 aliphatic heterocycles. The van der Waals surface area contributed by atoms with Gasteiger partial charge >= 0.3 is 0 Å².